The first-order chi connectivity index (χ1) is 11.1. The molecule has 0 N–H and O–H groups in total. The van der Waals surface area contributed by atoms with Gasteiger partial charge in [-0.2, -0.15) is 0 Å². The van der Waals surface area contributed by atoms with Crippen molar-refractivity contribution in [1.82, 2.24) is 0 Å². The molecule has 0 heterocycles. The Morgan fingerprint density at radius 1 is 0.826 bits per heavy atom. The third kappa shape index (κ3) is 5.04. The van der Waals surface area contributed by atoms with Gasteiger partial charge in [-0.15, -0.1) is 0 Å². The second-order valence-corrected chi connectivity index (χ2v) is 5.18. The van der Waals surface area contributed by atoms with Gasteiger partial charge in [-0.1, -0.05) is 72.8 Å². The maximum atomic E-state index is 11.9. The lowest BCUT2D eigenvalue weighted by molar-refractivity contribution is -0.130. The minimum absolute atomic E-state index is 0.539. The van der Waals surface area contributed by atoms with E-state index >= 15 is 0 Å². The molecule has 0 radical (unpaired) electrons. The Morgan fingerprint density at radius 3 is 1.91 bits per heavy atom. The van der Waals surface area contributed by atoms with Gasteiger partial charge < -0.3 is 0 Å². The van der Waals surface area contributed by atoms with Crippen molar-refractivity contribution in [1.29, 1.82) is 0 Å². The molecule has 2 aromatic rings. The highest BCUT2D eigenvalue weighted by Gasteiger charge is 2.05. The van der Waals surface area contributed by atoms with Crippen LogP contribution in [0.2, 0.25) is 0 Å². The number of allylic oxidation sites excluding steroid dienone is 2. The van der Waals surface area contributed by atoms with Crippen molar-refractivity contribution in [2.45, 2.75) is 6.92 Å². The van der Waals surface area contributed by atoms with Crippen molar-refractivity contribution in [3.8, 4) is 0 Å². The summed E-state index contributed by atoms with van der Waals surface area (Å²) in [6.45, 7) is 5.68. The van der Waals surface area contributed by atoms with Gasteiger partial charge in [0.2, 0.25) is 11.6 Å². The Balaban J connectivity index is 2.03. The van der Waals surface area contributed by atoms with E-state index in [1.165, 1.54) is 12.2 Å². The Hall–Kier alpha value is -3.00. The summed E-state index contributed by atoms with van der Waals surface area (Å²) in [6.07, 6.45) is 7.62. The van der Waals surface area contributed by atoms with Crippen molar-refractivity contribution >= 4 is 29.8 Å². The van der Waals surface area contributed by atoms with E-state index in [2.05, 4.69) is 6.58 Å². The molecule has 0 atom stereocenters. The van der Waals surface area contributed by atoms with Crippen LogP contribution in [0.1, 0.15) is 22.3 Å². The average Bonchev–Trinajstić information content (AvgIpc) is 2.57. The summed E-state index contributed by atoms with van der Waals surface area (Å²) in [4.78, 5) is 23.7. The molecule has 0 fully saturated rings. The molecule has 0 aliphatic heterocycles. The van der Waals surface area contributed by atoms with Crippen molar-refractivity contribution < 1.29 is 9.59 Å². The standard InChI is InChI=1S/C21H18O2/c1-3-17-7-5-9-19(15-17)11-13-21(23)20(22)12-10-18-8-4-6-16(2)14-18/h3-15H,1H2,2H3/b12-10+,13-11+. The molecule has 0 saturated carbocycles. The lowest BCUT2D eigenvalue weighted by Gasteiger charge is -1.96. The average molecular weight is 302 g/mol. The van der Waals surface area contributed by atoms with Gasteiger partial charge in [0.1, 0.15) is 0 Å². The maximum absolute atomic E-state index is 11.9. The second-order valence-electron chi connectivity index (χ2n) is 5.18. The fourth-order valence-corrected chi connectivity index (χ4v) is 2.07. The van der Waals surface area contributed by atoms with Gasteiger partial charge in [-0.3, -0.25) is 9.59 Å². The number of hydrogen-bond acceptors (Lipinski definition) is 2. The highest BCUT2D eigenvalue weighted by molar-refractivity contribution is 6.46. The summed E-state index contributed by atoms with van der Waals surface area (Å²) < 4.78 is 0. The van der Waals surface area contributed by atoms with E-state index in [4.69, 9.17) is 0 Å². The molecule has 0 amide bonds. The van der Waals surface area contributed by atoms with Crippen molar-refractivity contribution in [3.63, 3.8) is 0 Å². The number of carbonyl (C=O) groups excluding carboxylic acids is 2. The Morgan fingerprint density at radius 2 is 1.35 bits per heavy atom. The minimum atomic E-state index is -0.544. The molecule has 0 aromatic heterocycles. The van der Waals surface area contributed by atoms with Crippen LogP contribution in [0.3, 0.4) is 0 Å². The lowest BCUT2D eigenvalue weighted by atomic mass is 10.1. The monoisotopic (exact) mass is 302 g/mol. The van der Waals surface area contributed by atoms with Crippen molar-refractivity contribution in [2.24, 2.45) is 0 Å². The summed E-state index contributed by atoms with van der Waals surface area (Å²) in [6, 6.07) is 15.3. The molecule has 0 unspecified atom stereocenters. The van der Waals surface area contributed by atoms with E-state index in [1.807, 2.05) is 55.5 Å². The van der Waals surface area contributed by atoms with Crippen LogP contribution >= 0.6 is 0 Å². The normalized spacial score (nSPS) is 11.0. The first-order valence-electron chi connectivity index (χ1n) is 7.32. The van der Waals surface area contributed by atoms with Gasteiger partial charge in [0, 0.05) is 0 Å². The van der Waals surface area contributed by atoms with Crippen LogP contribution < -0.4 is 0 Å². The number of carbonyl (C=O) groups is 2. The van der Waals surface area contributed by atoms with E-state index in [1.54, 1.807) is 18.2 Å². The SMILES string of the molecule is C=Cc1cccc(/C=C/C(=O)C(=O)/C=C/c2cccc(C)c2)c1. The van der Waals surface area contributed by atoms with Crippen LogP contribution in [-0.4, -0.2) is 11.6 Å². The number of rotatable bonds is 6. The fourth-order valence-electron chi connectivity index (χ4n) is 2.07. The fraction of sp³-hybridized carbons (Fsp3) is 0.0476. The van der Waals surface area contributed by atoms with Gasteiger partial charge in [-0.25, -0.2) is 0 Å². The smallest absolute Gasteiger partial charge is 0.225 e. The summed E-state index contributed by atoms with van der Waals surface area (Å²) in [5, 5.41) is 0. The Labute approximate surface area is 136 Å². The maximum Gasteiger partial charge on any atom is 0.225 e. The highest BCUT2D eigenvalue weighted by atomic mass is 16.2. The van der Waals surface area contributed by atoms with Crippen molar-refractivity contribution in [3.05, 3.63) is 89.5 Å². The molecule has 0 bridgehead atoms. The van der Waals surface area contributed by atoms with E-state index in [0.717, 1.165) is 22.3 Å². The first-order valence-corrected chi connectivity index (χ1v) is 7.32. The minimum Gasteiger partial charge on any atom is -0.286 e. The van der Waals surface area contributed by atoms with E-state index < -0.39 is 11.6 Å². The molecule has 2 heteroatoms. The second kappa shape index (κ2) is 7.85. The number of hydrogen-bond donors (Lipinski definition) is 0. The molecule has 2 aromatic carbocycles. The predicted octanol–water partition coefficient (Wildman–Crippen LogP) is 4.50. The van der Waals surface area contributed by atoms with Gasteiger partial charge in [0.05, 0.1) is 0 Å². The quantitative estimate of drug-likeness (QED) is 0.581. The van der Waals surface area contributed by atoms with Gasteiger partial charge >= 0.3 is 0 Å². The molecule has 0 spiro atoms. The summed E-state index contributed by atoms with van der Waals surface area (Å²) in [5.74, 6) is -1.08. The summed E-state index contributed by atoms with van der Waals surface area (Å²) in [5.41, 5.74) is 3.82. The first kappa shape index (κ1) is 16.4. The van der Waals surface area contributed by atoms with Gasteiger partial charge in [0.25, 0.3) is 0 Å². The third-order valence-corrected chi connectivity index (χ3v) is 3.29. The van der Waals surface area contributed by atoms with Gasteiger partial charge in [-0.05, 0) is 41.8 Å². The highest BCUT2D eigenvalue weighted by Crippen LogP contribution is 2.09. The topological polar surface area (TPSA) is 34.1 Å². The molecule has 2 rings (SSSR count). The zero-order valence-electron chi connectivity index (χ0n) is 13.0. The molecule has 23 heavy (non-hydrogen) atoms. The Bertz CT molecular complexity index is 795. The van der Waals surface area contributed by atoms with E-state index in [0.29, 0.717) is 0 Å². The van der Waals surface area contributed by atoms with Gasteiger partial charge in [0.15, 0.2) is 0 Å². The third-order valence-electron chi connectivity index (χ3n) is 3.29. The zero-order chi connectivity index (χ0) is 16.7. The zero-order valence-corrected chi connectivity index (χ0v) is 13.0. The van der Waals surface area contributed by atoms with Crippen LogP contribution in [0.15, 0.2) is 67.3 Å². The molecule has 0 saturated heterocycles. The molecular formula is C21H18O2. The molecule has 0 aliphatic rings. The summed E-state index contributed by atoms with van der Waals surface area (Å²) >= 11 is 0. The molecule has 2 nitrogen and oxygen atoms in total. The number of aryl methyl sites for hydroxylation is 1. The predicted molar refractivity (Wildman–Crippen MR) is 95.8 cm³/mol. The van der Waals surface area contributed by atoms with Crippen LogP contribution in [0.25, 0.3) is 18.2 Å². The van der Waals surface area contributed by atoms with Crippen molar-refractivity contribution in [2.75, 3.05) is 0 Å². The van der Waals surface area contributed by atoms with Crippen LogP contribution in [0.5, 0.6) is 0 Å². The molecular weight excluding hydrogens is 284 g/mol. The van der Waals surface area contributed by atoms with Crippen LogP contribution in [0.4, 0.5) is 0 Å². The van der Waals surface area contributed by atoms with Crippen LogP contribution in [-0.2, 0) is 9.59 Å². The largest absolute Gasteiger partial charge is 0.286 e. The molecule has 114 valence electrons. The molecule has 0 aliphatic carbocycles. The summed E-state index contributed by atoms with van der Waals surface area (Å²) in [7, 11) is 0. The van der Waals surface area contributed by atoms with E-state index in [9.17, 15) is 9.59 Å². The van der Waals surface area contributed by atoms with Crippen LogP contribution in [0, 0.1) is 6.92 Å². The number of benzene rings is 2. The number of ketones is 2. The van der Waals surface area contributed by atoms with E-state index in [-0.39, 0.29) is 0 Å². The Kier molecular flexibility index (Phi) is 5.59. The lowest BCUT2D eigenvalue weighted by Crippen LogP contribution is -2.06.